The molecule has 0 aliphatic heterocycles. The predicted octanol–water partition coefficient (Wildman–Crippen LogP) is 4.22. The van der Waals surface area contributed by atoms with Crippen molar-refractivity contribution in [1.29, 1.82) is 0 Å². The molecule has 0 aliphatic rings. The van der Waals surface area contributed by atoms with E-state index in [0.29, 0.717) is 6.04 Å². The van der Waals surface area contributed by atoms with Crippen LogP contribution in [0.5, 0.6) is 0 Å². The minimum atomic E-state index is -2.84. The Labute approximate surface area is 202 Å². The Hall–Kier alpha value is -3.48. The van der Waals surface area contributed by atoms with Crippen molar-refractivity contribution in [3.63, 3.8) is 0 Å². The van der Waals surface area contributed by atoms with Crippen LogP contribution in [-0.4, -0.2) is 33.3 Å². The highest BCUT2D eigenvalue weighted by atomic mass is 28.4. The normalized spacial score (nSPS) is 11.8. The van der Waals surface area contributed by atoms with Crippen LogP contribution in [0.3, 0.4) is 0 Å². The first kappa shape index (κ1) is 25.1. The molecule has 3 rings (SSSR count). The lowest BCUT2D eigenvalue weighted by Crippen LogP contribution is -2.63. The van der Waals surface area contributed by atoms with Gasteiger partial charge in [0.2, 0.25) is 0 Å². The molecule has 0 saturated heterocycles. The summed E-state index contributed by atoms with van der Waals surface area (Å²) in [5.74, 6) is 0. The molecule has 0 saturated carbocycles. The number of alkyl carbamates (subject to hydrolysis) is 1. The number of amides is 1. The second kappa shape index (κ2) is 12.7. The fraction of sp³-hybridized carbons (Fsp3) is 0.214. The van der Waals surface area contributed by atoms with Crippen LogP contribution in [0.15, 0.2) is 103 Å². The third-order valence-electron chi connectivity index (χ3n) is 5.44. The Bertz CT molecular complexity index is 1030. The van der Waals surface area contributed by atoms with Crippen molar-refractivity contribution in [2.75, 3.05) is 6.54 Å². The Kier molecular flexibility index (Phi) is 9.37. The quantitative estimate of drug-likeness (QED) is 0.257. The number of ether oxygens (including phenoxy) is 1. The first-order chi connectivity index (χ1) is 16.5. The smallest absolute Gasteiger partial charge is 0.407 e. The van der Waals surface area contributed by atoms with Crippen molar-refractivity contribution in [3.05, 3.63) is 108 Å². The van der Waals surface area contributed by atoms with Crippen LogP contribution < -0.4 is 15.7 Å². The van der Waals surface area contributed by atoms with E-state index < -0.39 is 20.5 Å². The van der Waals surface area contributed by atoms with E-state index in [-0.39, 0.29) is 13.2 Å². The Balaban J connectivity index is 1.80. The van der Waals surface area contributed by atoms with E-state index in [0.717, 1.165) is 22.2 Å². The summed E-state index contributed by atoms with van der Waals surface area (Å²) in [7, 11) is -2.84. The summed E-state index contributed by atoms with van der Waals surface area (Å²) in [5, 5.41) is 4.82. The minimum absolute atomic E-state index is 0.0281. The lowest BCUT2D eigenvalue weighted by molar-refractivity contribution is -0.113. The number of rotatable bonds is 11. The fourth-order valence-electron chi connectivity index (χ4n) is 3.68. The predicted molar refractivity (Wildman–Crippen MR) is 138 cm³/mol. The Morgan fingerprint density at radius 2 is 1.41 bits per heavy atom. The van der Waals surface area contributed by atoms with Gasteiger partial charge in [0.25, 0.3) is 8.32 Å². The van der Waals surface area contributed by atoms with E-state index in [2.05, 4.69) is 49.5 Å². The van der Waals surface area contributed by atoms with Gasteiger partial charge in [-0.3, -0.25) is 0 Å². The lowest BCUT2D eigenvalue weighted by atomic mass is 10.2. The van der Waals surface area contributed by atoms with Gasteiger partial charge in [-0.1, -0.05) is 103 Å². The molecular weight excluding hydrogens is 442 g/mol. The van der Waals surface area contributed by atoms with Crippen LogP contribution in [0.25, 0.3) is 0 Å². The second-order valence-corrected chi connectivity index (χ2v) is 11.7. The van der Waals surface area contributed by atoms with Crippen LogP contribution in [-0.2, 0) is 20.6 Å². The average Bonchev–Trinajstić information content (AvgIpc) is 2.89. The van der Waals surface area contributed by atoms with Crippen molar-refractivity contribution >= 4 is 31.1 Å². The molecule has 0 spiro atoms. The average molecular weight is 474 g/mol. The summed E-state index contributed by atoms with van der Waals surface area (Å²) in [4.78, 5) is 24.3. The zero-order valence-electron chi connectivity index (χ0n) is 19.6. The van der Waals surface area contributed by atoms with Crippen LogP contribution in [0.1, 0.15) is 19.4 Å². The molecule has 1 unspecified atom stereocenters. The second-order valence-electron chi connectivity index (χ2n) is 8.28. The maximum absolute atomic E-state index is 12.3. The highest BCUT2D eigenvalue weighted by molar-refractivity contribution is 6.97. The van der Waals surface area contributed by atoms with Crippen LogP contribution in [0.2, 0.25) is 6.04 Å². The van der Waals surface area contributed by atoms with Gasteiger partial charge in [0.15, 0.2) is 0 Å². The van der Waals surface area contributed by atoms with Crippen molar-refractivity contribution in [2.24, 2.45) is 0 Å². The summed E-state index contributed by atoms with van der Waals surface area (Å²) < 4.78 is 12.0. The summed E-state index contributed by atoms with van der Waals surface area (Å²) in [6.07, 6.45) is 1.51. The monoisotopic (exact) mass is 473 g/mol. The molecular formula is C28H31NO4Si. The van der Waals surface area contributed by atoms with Gasteiger partial charge in [-0.15, -0.1) is 0 Å². The van der Waals surface area contributed by atoms with Crippen LogP contribution in [0.4, 0.5) is 4.79 Å². The summed E-state index contributed by atoms with van der Waals surface area (Å²) >= 11 is 0. The molecule has 176 valence electrons. The molecule has 3 aromatic rings. The highest BCUT2D eigenvalue weighted by Gasteiger charge is 2.41. The van der Waals surface area contributed by atoms with Gasteiger partial charge in [0.05, 0.1) is 6.54 Å². The molecule has 0 heterocycles. The summed E-state index contributed by atoms with van der Waals surface area (Å²) in [5.41, 5.74) is 2.07. The van der Waals surface area contributed by atoms with Crippen molar-refractivity contribution in [3.8, 4) is 0 Å². The van der Waals surface area contributed by atoms with E-state index in [1.165, 1.54) is 5.57 Å². The van der Waals surface area contributed by atoms with E-state index >= 15 is 0 Å². The number of aldehydes is 1. The topological polar surface area (TPSA) is 64.6 Å². The number of carbonyl (C=O) groups is 2. The molecule has 3 aromatic carbocycles. The van der Waals surface area contributed by atoms with Crippen LogP contribution >= 0.6 is 0 Å². The highest BCUT2D eigenvalue weighted by Crippen LogP contribution is 2.18. The Morgan fingerprint density at radius 1 is 0.882 bits per heavy atom. The molecule has 0 aromatic heterocycles. The molecule has 0 bridgehead atoms. The lowest BCUT2D eigenvalue weighted by Gasteiger charge is -2.34. The number of nitrogens with one attached hydrogen (secondary N) is 1. The Morgan fingerprint density at radius 3 is 1.91 bits per heavy atom. The molecule has 0 aliphatic carbocycles. The third kappa shape index (κ3) is 7.01. The molecule has 1 amide bonds. The van der Waals surface area contributed by atoms with E-state index in [1.54, 1.807) is 0 Å². The van der Waals surface area contributed by atoms with Crippen molar-refractivity contribution in [1.82, 2.24) is 5.32 Å². The summed E-state index contributed by atoms with van der Waals surface area (Å²) in [6, 6.07) is 30.2. The summed E-state index contributed by atoms with van der Waals surface area (Å²) in [6.45, 7) is 4.29. The molecule has 5 nitrogen and oxygen atoms in total. The maximum Gasteiger partial charge on any atom is 0.407 e. The third-order valence-corrected chi connectivity index (χ3v) is 9.46. The SMILES string of the molecule is CC(C)=CC[Si](OC(C=O)CNC(=O)OCc1ccccc1)(c1ccccc1)c1ccccc1. The van der Waals surface area contributed by atoms with E-state index in [4.69, 9.17) is 9.16 Å². The van der Waals surface area contributed by atoms with Gasteiger partial charge in [-0.25, -0.2) is 4.79 Å². The molecule has 6 heteroatoms. The van der Waals surface area contributed by atoms with Crippen molar-refractivity contribution in [2.45, 2.75) is 32.6 Å². The maximum atomic E-state index is 12.3. The molecule has 0 fully saturated rings. The molecule has 1 N–H and O–H groups in total. The molecule has 34 heavy (non-hydrogen) atoms. The molecule has 1 atom stereocenters. The van der Waals surface area contributed by atoms with Gasteiger partial charge < -0.3 is 19.3 Å². The number of hydrogen-bond donors (Lipinski definition) is 1. The number of hydrogen-bond acceptors (Lipinski definition) is 4. The van der Waals surface area contributed by atoms with Crippen molar-refractivity contribution < 1.29 is 18.8 Å². The first-order valence-electron chi connectivity index (χ1n) is 11.4. The van der Waals surface area contributed by atoms with Gasteiger partial charge >= 0.3 is 6.09 Å². The largest absolute Gasteiger partial charge is 0.445 e. The number of benzene rings is 3. The van der Waals surface area contributed by atoms with Gasteiger partial charge in [-0.05, 0) is 35.8 Å². The minimum Gasteiger partial charge on any atom is -0.445 e. The number of carbonyl (C=O) groups excluding carboxylic acids is 2. The van der Waals surface area contributed by atoms with Gasteiger partial charge in [0.1, 0.15) is 19.0 Å². The van der Waals surface area contributed by atoms with Gasteiger partial charge in [0, 0.05) is 0 Å². The fourth-order valence-corrected chi connectivity index (χ4v) is 7.67. The standard InChI is InChI=1S/C28H31NO4Si/c1-23(2)18-19-34(26-14-8-4-9-15-26,27-16-10-5-11-17-27)33-25(21-30)20-29-28(31)32-22-24-12-6-3-7-13-24/h3-18,21,25H,19-20,22H2,1-2H3,(H,29,31). The number of allylic oxidation sites excluding steroid dienone is 2. The van der Waals surface area contributed by atoms with E-state index in [1.807, 2.05) is 66.7 Å². The molecule has 0 radical (unpaired) electrons. The van der Waals surface area contributed by atoms with Crippen LogP contribution in [0, 0.1) is 0 Å². The zero-order valence-corrected chi connectivity index (χ0v) is 20.6. The van der Waals surface area contributed by atoms with Gasteiger partial charge in [-0.2, -0.15) is 0 Å². The first-order valence-corrected chi connectivity index (χ1v) is 13.5. The zero-order chi connectivity index (χ0) is 24.2. The van der Waals surface area contributed by atoms with E-state index in [9.17, 15) is 9.59 Å².